The van der Waals surface area contributed by atoms with Gasteiger partial charge in [-0.1, -0.05) is 18.2 Å². The zero-order chi connectivity index (χ0) is 7.40. The normalized spacial score (nSPS) is 9.20. The van der Waals surface area contributed by atoms with E-state index in [1.807, 2.05) is 18.2 Å². The lowest BCUT2D eigenvalue weighted by molar-refractivity contribution is 0.474. The van der Waals surface area contributed by atoms with Crippen molar-refractivity contribution in [3.63, 3.8) is 0 Å². The maximum absolute atomic E-state index is 9.01. The molecular weight excluding hydrogens is 124 g/mol. The topological polar surface area (TPSA) is 20.2 Å². The maximum Gasteiger partial charge on any atom is 0.115 e. The van der Waals surface area contributed by atoms with E-state index in [1.54, 1.807) is 12.1 Å². The number of phenolic OH excluding ortho intramolecular Hbond substituents is 1. The number of phenols is 1. The van der Waals surface area contributed by atoms with Crippen LogP contribution in [0.1, 0.15) is 5.56 Å². The van der Waals surface area contributed by atoms with E-state index in [-0.39, 0.29) is 0 Å². The van der Waals surface area contributed by atoms with Crippen molar-refractivity contribution >= 4 is 0 Å². The van der Waals surface area contributed by atoms with Crippen LogP contribution in [-0.4, -0.2) is 5.11 Å². The third-order valence-electron chi connectivity index (χ3n) is 1.29. The largest absolute Gasteiger partial charge is 0.508 e. The average Bonchev–Trinajstić information content (AvgIpc) is 1.88. The molecule has 0 aliphatic heterocycles. The van der Waals surface area contributed by atoms with Crippen LogP contribution in [0.25, 0.3) is 0 Å². The summed E-state index contributed by atoms with van der Waals surface area (Å²) in [6.45, 7) is 3.60. The fourth-order valence-electron chi connectivity index (χ4n) is 0.850. The Hall–Kier alpha value is -1.24. The Morgan fingerprint density at radius 3 is 2.90 bits per heavy atom. The molecule has 0 aliphatic carbocycles. The van der Waals surface area contributed by atoms with Gasteiger partial charge in [0.1, 0.15) is 5.75 Å². The number of hydrogen-bond acceptors (Lipinski definition) is 1. The Balaban J connectivity index is 2.84. The third kappa shape index (κ3) is 1.62. The summed E-state index contributed by atoms with van der Waals surface area (Å²) >= 11 is 0. The predicted molar refractivity (Wildman–Crippen MR) is 42.0 cm³/mol. The van der Waals surface area contributed by atoms with Crippen molar-refractivity contribution in [2.24, 2.45) is 0 Å². The van der Waals surface area contributed by atoms with E-state index in [1.165, 1.54) is 0 Å². The number of rotatable bonds is 2. The highest BCUT2D eigenvalue weighted by Crippen LogP contribution is 2.10. The molecule has 0 atom stereocenters. The zero-order valence-corrected chi connectivity index (χ0v) is 5.75. The van der Waals surface area contributed by atoms with Gasteiger partial charge in [-0.15, -0.1) is 6.58 Å². The summed E-state index contributed by atoms with van der Waals surface area (Å²) in [7, 11) is 0. The van der Waals surface area contributed by atoms with Gasteiger partial charge in [-0.3, -0.25) is 0 Å². The van der Waals surface area contributed by atoms with E-state index in [0.717, 1.165) is 12.0 Å². The number of hydrogen-bond donors (Lipinski definition) is 1. The van der Waals surface area contributed by atoms with Gasteiger partial charge in [-0.05, 0) is 24.1 Å². The molecule has 0 bridgehead atoms. The molecule has 0 amide bonds. The Morgan fingerprint density at radius 1 is 1.50 bits per heavy atom. The molecular formula is C9H10O. The molecule has 0 aliphatic rings. The summed E-state index contributed by atoms with van der Waals surface area (Å²) in [5.41, 5.74) is 1.09. The van der Waals surface area contributed by atoms with Crippen LogP contribution in [0.2, 0.25) is 0 Å². The zero-order valence-electron chi connectivity index (χ0n) is 5.75. The minimum atomic E-state index is 0.319. The van der Waals surface area contributed by atoms with Crippen LogP contribution in [-0.2, 0) is 6.42 Å². The van der Waals surface area contributed by atoms with E-state index >= 15 is 0 Å². The first-order valence-corrected chi connectivity index (χ1v) is 3.22. The highest BCUT2D eigenvalue weighted by Gasteiger charge is 1.89. The quantitative estimate of drug-likeness (QED) is 0.614. The molecule has 0 spiro atoms. The van der Waals surface area contributed by atoms with Gasteiger partial charge in [0.15, 0.2) is 0 Å². The van der Waals surface area contributed by atoms with E-state index < -0.39 is 0 Å². The van der Waals surface area contributed by atoms with Gasteiger partial charge in [0, 0.05) is 0 Å². The van der Waals surface area contributed by atoms with Gasteiger partial charge in [-0.25, -0.2) is 0 Å². The number of benzene rings is 1. The van der Waals surface area contributed by atoms with Crippen molar-refractivity contribution in [2.75, 3.05) is 0 Å². The minimum Gasteiger partial charge on any atom is -0.508 e. The van der Waals surface area contributed by atoms with Crippen LogP contribution < -0.4 is 0 Å². The molecule has 1 aromatic rings. The molecule has 0 radical (unpaired) electrons. The average molecular weight is 134 g/mol. The van der Waals surface area contributed by atoms with E-state index in [2.05, 4.69) is 6.58 Å². The summed E-state index contributed by atoms with van der Waals surface area (Å²) in [5.74, 6) is 0.319. The monoisotopic (exact) mass is 134 g/mol. The minimum absolute atomic E-state index is 0.319. The lowest BCUT2D eigenvalue weighted by Crippen LogP contribution is -1.77. The molecule has 1 nitrogen and oxygen atoms in total. The standard InChI is InChI=1S/C9H10O/c1-2-4-8-5-3-6-9(10)7-8/h2-3,5-7,10H,1,4H2. The van der Waals surface area contributed by atoms with Crippen molar-refractivity contribution < 1.29 is 5.11 Å². The van der Waals surface area contributed by atoms with E-state index in [0.29, 0.717) is 5.75 Å². The van der Waals surface area contributed by atoms with Crippen molar-refractivity contribution in [3.8, 4) is 5.75 Å². The summed E-state index contributed by atoms with van der Waals surface area (Å²) in [6.07, 6.45) is 2.63. The summed E-state index contributed by atoms with van der Waals surface area (Å²) in [5, 5.41) is 9.01. The molecule has 1 N–H and O–H groups in total. The number of aromatic hydroxyl groups is 1. The molecule has 10 heavy (non-hydrogen) atoms. The van der Waals surface area contributed by atoms with Crippen LogP contribution in [0.15, 0.2) is 36.9 Å². The second-order valence-corrected chi connectivity index (χ2v) is 2.16. The maximum atomic E-state index is 9.01. The van der Waals surface area contributed by atoms with Crippen LogP contribution in [0.5, 0.6) is 5.75 Å². The predicted octanol–water partition coefficient (Wildman–Crippen LogP) is 2.12. The van der Waals surface area contributed by atoms with Crippen LogP contribution in [0.3, 0.4) is 0 Å². The molecule has 1 aromatic carbocycles. The van der Waals surface area contributed by atoms with Gasteiger partial charge in [0.25, 0.3) is 0 Å². The molecule has 52 valence electrons. The molecule has 0 heterocycles. The van der Waals surface area contributed by atoms with Gasteiger partial charge in [0.05, 0.1) is 0 Å². The van der Waals surface area contributed by atoms with Crippen molar-refractivity contribution in [2.45, 2.75) is 6.42 Å². The fourth-order valence-corrected chi connectivity index (χ4v) is 0.850. The molecule has 0 aromatic heterocycles. The van der Waals surface area contributed by atoms with Crippen molar-refractivity contribution in [1.29, 1.82) is 0 Å². The number of allylic oxidation sites excluding steroid dienone is 1. The van der Waals surface area contributed by atoms with E-state index in [9.17, 15) is 0 Å². The van der Waals surface area contributed by atoms with E-state index in [4.69, 9.17) is 5.11 Å². The first-order chi connectivity index (χ1) is 4.83. The Morgan fingerprint density at radius 2 is 2.30 bits per heavy atom. The second-order valence-electron chi connectivity index (χ2n) is 2.16. The molecule has 0 unspecified atom stereocenters. The smallest absolute Gasteiger partial charge is 0.115 e. The fraction of sp³-hybridized carbons (Fsp3) is 0.111. The SMILES string of the molecule is C=CCc1cccc(O)c1. The van der Waals surface area contributed by atoms with Crippen LogP contribution >= 0.6 is 0 Å². The van der Waals surface area contributed by atoms with Gasteiger partial charge in [-0.2, -0.15) is 0 Å². The first-order valence-electron chi connectivity index (χ1n) is 3.22. The van der Waals surface area contributed by atoms with Gasteiger partial charge in [0.2, 0.25) is 0 Å². The summed E-state index contributed by atoms with van der Waals surface area (Å²) < 4.78 is 0. The highest BCUT2D eigenvalue weighted by molar-refractivity contribution is 5.28. The molecule has 1 heteroatoms. The Kier molecular flexibility index (Phi) is 2.11. The second kappa shape index (κ2) is 3.06. The molecule has 0 fully saturated rings. The van der Waals surface area contributed by atoms with Gasteiger partial charge < -0.3 is 5.11 Å². The highest BCUT2D eigenvalue weighted by atomic mass is 16.3. The molecule has 0 saturated heterocycles. The van der Waals surface area contributed by atoms with Crippen molar-refractivity contribution in [3.05, 3.63) is 42.5 Å². The molecule has 0 saturated carbocycles. The third-order valence-corrected chi connectivity index (χ3v) is 1.29. The Bertz CT molecular complexity index is 228. The van der Waals surface area contributed by atoms with Crippen molar-refractivity contribution in [1.82, 2.24) is 0 Å². The first kappa shape index (κ1) is 6.87. The lowest BCUT2D eigenvalue weighted by Gasteiger charge is -1.95. The lowest BCUT2D eigenvalue weighted by atomic mass is 10.1. The Labute approximate surface area is 60.6 Å². The van der Waals surface area contributed by atoms with Crippen LogP contribution in [0.4, 0.5) is 0 Å². The summed E-state index contributed by atoms with van der Waals surface area (Å²) in [4.78, 5) is 0. The summed E-state index contributed by atoms with van der Waals surface area (Å²) in [6, 6.07) is 7.18. The van der Waals surface area contributed by atoms with Gasteiger partial charge >= 0.3 is 0 Å². The van der Waals surface area contributed by atoms with Crippen LogP contribution in [0, 0.1) is 0 Å². The molecule has 1 rings (SSSR count).